The molecule has 8 nitrogen and oxygen atoms in total. The van der Waals surface area contributed by atoms with Crippen molar-refractivity contribution in [3.63, 3.8) is 0 Å². The minimum atomic E-state index is -1.65. The molecular formula is C9H18O8. The molecule has 1 aliphatic rings. The van der Waals surface area contributed by atoms with E-state index < -0.39 is 55.9 Å². The molecule has 1 unspecified atom stereocenters. The fraction of sp³-hybridized carbons (Fsp3) is 1.00. The molecule has 0 aliphatic carbocycles. The van der Waals surface area contributed by atoms with E-state index >= 15 is 0 Å². The first-order chi connectivity index (χ1) is 7.93. The van der Waals surface area contributed by atoms with Crippen LogP contribution in [0.2, 0.25) is 0 Å². The number of hydrogen-bond donors (Lipinski definition) is 7. The molecule has 0 aromatic carbocycles. The fourth-order valence-corrected chi connectivity index (χ4v) is 1.74. The van der Waals surface area contributed by atoms with Gasteiger partial charge in [-0.1, -0.05) is 0 Å². The first-order valence-corrected chi connectivity index (χ1v) is 5.21. The summed E-state index contributed by atoms with van der Waals surface area (Å²) in [6.07, 6.45) is -10.5. The van der Waals surface area contributed by atoms with Gasteiger partial charge in [-0.25, -0.2) is 0 Å². The number of ether oxygens (including phenoxy) is 1. The van der Waals surface area contributed by atoms with E-state index in [1.54, 1.807) is 0 Å². The predicted molar refractivity (Wildman–Crippen MR) is 52.9 cm³/mol. The largest absolute Gasteiger partial charge is 0.394 e. The number of aliphatic hydroxyl groups excluding tert-OH is 7. The minimum absolute atomic E-state index is 0.622. The van der Waals surface area contributed by atoms with Gasteiger partial charge in [-0.15, -0.1) is 0 Å². The first kappa shape index (κ1) is 14.7. The molecule has 102 valence electrons. The van der Waals surface area contributed by atoms with Gasteiger partial charge in [-0.2, -0.15) is 0 Å². The molecule has 1 saturated heterocycles. The molecule has 7 atom stereocenters. The minimum Gasteiger partial charge on any atom is -0.394 e. The third-order valence-corrected chi connectivity index (χ3v) is 2.85. The second kappa shape index (κ2) is 6.03. The molecule has 17 heavy (non-hydrogen) atoms. The van der Waals surface area contributed by atoms with Crippen LogP contribution in [-0.4, -0.2) is 91.7 Å². The highest BCUT2D eigenvalue weighted by Gasteiger charge is 2.47. The van der Waals surface area contributed by atoms with Crippen LogP contribution in [0.5, 0.6) is 0 Å². The Morgan fingerprint density at radius 2 is 1.53 bits per heavy atom. The molecule has 0 aromatic heterocycles. The van der Waals surface area contributed by atoms with Crippen molar-refractivity contribution in [3.05, 3.63) is 0 Å². The summed E-state index contributed by atoms with van der Waals surface area (Å²) in [5, 5.41) is 64.8. The number of rotatable bonds is 4. The Morgan fingerprint density at radius 3 is 2.00 bits per heavy atom. The van der Waals surface area contributed by atoms with Crippen molar-refractivity contribution in [3.8, 4) is 0 Å². The average molecular weight is 254 g/mol. The van der Waals surface area contributed by atoms with Crippen LogP contribution in [0.25, 0.3) is 0 Å². The van der Waals surface area contributed by atoms with E-state index in [9.17, 15) is 25.5 Å². The van der Waals surface area contributed by atoms with Crippen molar-refractivity contribution in [2.24, 2.45) is 0 Å². The van der Waals surface area contributed by atoms with Crippen LogP contribution in [0.4, 0.5) is 0 Å². The molecule has 0 aromatic rings. The zero-order valence-corrected chi connectivity index (χ0v) is 8.99. The second-order valence-electron chi connectivity index (χ2n) is 4.03. The maximum absolute atomic E-state index is 9.57. The summed E-state index contributed by atoms with van der Waals surface area (Å²) in [4.78, 5) is 0. The molecule has 1 rings (SSSR count). The van der Waals surface area contributed by atoms with Crippen LogP contribution in [0.15, 0.2) is 0 Å². The first-order valence-electron chi connectivity index (χ1n) is 5.21. The lowest BCUT2D eigenvalue weighted by Crippen LogP contribution is -2.63. The quantitative estimate of drug-likeness (QED) is 0.265. The van der Waals surface area contributed by atoms with Gasteiger partial charge < -0.3 is 40.5 Å². The van der Waals surface area contributed by atoms with Gasteiger partial charge in [0.05, 0.1) is 13.2 Å². The summed E-state index contributed by atoms with van der Waals surface area (Å²) in [5.41, 5.74) is 0. The zero-order chi connectivity index (χ0) is 13.2. The lowest BCUT2D eigenvalue weighted by atomic mass is 9.91. The Balaban J connectivity index is 2.78. The van der Waals surface area contributed by atoms with Gasteiger partial charge in [0.2, 0.25) is 0 Å². The van der Waals surface area contributed by atoms with Crippen LogP contribution in [0.3, 0.4) is 0 Å². The van der Waals surface area contributed by atoms with Crippen molar-refractivity contribution in [1.82, 2.24) is 0 Å². The molecule has 8 heteroatoms. The van der Waals surface area contributed by atoms with Gasteiger partial charge in [-0.05, 0) is 0 Å². The predicted octanol–water partition coefficient (Wildman–Crippen LogP) is -4.46. The van der Waals surface area contributed by atoms with E-state index in [4.69, 9.17) is 14.9 Å². The van der Waals surface area contributed by atoms with E-state index in [-0.39, 0.29) is 0 Å². The summed E-state index contributed by atoms with van der Waals surface area (Å²) in [6, 6.07) is 0. The highest BCUT2D eigenvalue weighted by atomic mass is 16.6. The lowest BCUT2D eigenvalue weighted by Gasteiger charge is -2.42. The van der Waals surface area contributed by atoms with Crippen molar-refractivity contribution >= 4 is 0 Å². The SMILES string of the molecule is OCC1O[C@H]([C@@H](O)[C@H](O)CO)[C@@H](O)[C@H](O)[C@H]1O. The Kier molecular flexibility index (Phi) is 5.22. The Labute approximate surface area is 97.3 Å². The molecule has 1 fully saturated rings. The third-order valence-electron chi connectivity index (χ3n) is 2.85. The van der Waals surface area contributed by atoms with Gasteiger partial charge in [0.25, 0.3) is 0 Å². The van der Waals surface area contributed by atoms with Crippen molar-refractivity contribution in [1.29, 1.82) is 0 Å². The van der Waals surface area contributed by atoms with Crippen LogP contribution in [0, 0.1) is 0 Å². The van der Waals surface area contributed by atoms with Crippen LogP contribution in [-0.2, 0) is 4.74 Å². The molecular weight excluding hydrogens is 236 g/mol. The van der Waals surface area contributed by atoms with Crippen molar-refractivity contribution in [2.45, 2.75) is 42.7 Å². The van der Waals surface area contributed by atoms with E-state index in [0.29, 0.717) is 0 Å². The van der Waals surface area contributed by atoms with Crippen LogP contribution in [0.1, 0.15) is 0 Å². The number of hydrogen-bond acceptors (Lipinski definition) is 8. The molecule has 0 bridgehead atoms. The van der Waals surface area contributed by atoms with Gasteiger partial charge in [0.1, 0.15) is 42.7 Å². The summed E-state index contributed by atoms with van der Waals surface area (Å²) in [7, 11) is 0. The topological polar surface area (TPSA) is 151 Å². The highest BCUT2D eigenvalue weighted by molar-refractivity contribution is 4.96. The smallest absolute Gasteiger partial charge is 0.115 e. The zero-order valence-electron chi connectivity index (χ0n) is 8.99. The van der Waals surface area contributed by atoms with E-state index in [2.05, 4.69) is 0 Å². The molecule has 0 saturated carbocycles. The van der Waals surface area contributed by atoms with Gasteiger partial charge >= 0.3 is 0 Å². The van der Waals surface area contributed by atoms with Crippen LogP contribution >= 0.6 is 0 Å². The Bertz CT molecular complexity index is 231. The summed E-state index contributed by atoms with van der Waals surface area (Å²) < 4.78 is 4.98. The van der Waals surface area contributed by atoms with Crippen molar-refractivity contribution in [2.75, 3.05) is 13.2 Å². The van der Waals surface area contributed by atoms with Crippen molar-refractivity contribution < 1.29 is 40.5 Å². The van der Waals surface area contributed by atoms with Gasteiger partial charge in [0.15, 0.2) is 0 Å². The lowest BCUT2D eigenvalue weighted by molar-refractivity contribution is -0.258. The van der Waals surface area contributed by atoms with Gasteiger partial charge in [-0.3, -0.25) is 0 Å². The highest BCUT2D eigenvalue weighted by Crippen LogP contribution is 2.24. The van der Waals surface area contributed by atoms with E-state index in [0.717, 1.165) is 0 Å². The standard InChI is InChI=1S/C9H18O8/c10-1-3(12)5(13)9-8(16)7(15)6(14)4(2-11)17-9/h3-16H,1-2H2/t3-,4?,5+,6+,7-,8+,9-/m1/s1. The fourth-order valence-electron chi connectivity index (χ4n) is 1.74. The summed E-state index contributed by atoms with van der Waals surface area (Å²) in [5.74, 6) is 0. The van der Waals surface area contributed by atoms with E-state index in [1.807, 2.05) is 0 Å². The maximum Gasteiger partial charge on any atom is 0.115 e. The van der Waals surface area contributed by atoms with Crippen LogP contribution < -0.4 is 0 Å². The molecule has 1 aliphatic heterocycles. The molecule has 0 spiro atoms. The van der Waals surface area contributed by atoms with E-state index in [1.165, 1.54) is 0 Å². The number of aliphatic hydroxyl groups is 7. The summed E-state index contributed by atoms with van der Waals surface area (Å²) in [6.45, 7) is -1.38. The molecule has 1 heterocycles. The average Bonchev–Trinajstić information content (AvgIpc) is 2.34. The monoisotopic (exact) mass is 254 g/mol. The Morgan fingerprint density at radius 1 is 0.941 bits per heavy atom. The normalized spacial score (nSPS) is 42.2. The molecule has 7 N–H and O–H groups in total. The third kappa shape index (κ3) is 2.92. The molecule has 0 amide bonds. The maximum atomic E-state index is 9.57. The second-order valence-corrected chi connectivity index (χ2v) is 4.03. The van der Waals surface area contributed by atoms with Gasteiger partial charge in [0, 0.05) is 0 Å². The Hall–Kier alpha value is -0.320. The molecule has 0 radical (unpaired) electrons. The summed E-state index contributed by atoms with van der Waals surface area (Å²) >= 11 is 0.